The summed E-state index contributed by atoms with van der Waals surface area (Å²) in [6.07, 6.45) is 1.09. The Bertz CT molecular complexity index is 786. The van der Waals surface area contributed by atoms with Crippen LogP contribution in [0.3, 0.4) is 0 Å². The van der Waals surface area contributed by atoms with E-state index in [-0.39, 0.29) is 24.0 Å². The molecule has 7 nitrogen and oxygen atoms in total. The molecule has 1 aromatic carbocycles. The van der Waals surface area contributed by atoms with Crippen LogP contribution in [0.25, 0.3) is 5.69 Å². The maximum atomic E-state index is 5.41. The first-order valence-corrected chi connectivity index (χ1v) is 10.6. The fraction of sp³-hybridized carbons (Fsp3) is 0.545. The number of para-hydroxylation sites is 1. The Kier molecular flexibility index (Phi) is 10.6. The maximum absolute atomic E-state index is 5.41. The number of hydrogen-bond acceptors (Lipinski definition) is 4. The molecule has 8 heteroatoms. The monoisotopic (exact) mass is 526 g/mol. The van der Waals surface area contributed by atoms with E-state index in [2.05, 4.69) is 48.4 Å². The molecule has 2 aromatic rings. The standard InChI is InChI=1S/C22H34N6O.HI/c1-4-23-22(24-11-8-12-27-13-15-29-16-14-27)25-17-21-18(2)26-28(19(21)3)20-9-6-5-7-10-20;/h5-7,9-10H,4,8,11-17H2,1-3H3,(H2,23,24,25);1H. The molecule has 2 heterocycles. The van der Waals surface area contributed by atoms with Gasteiger partial charge in [-0.2, -0.15) is 5.10 Å². The number of rotatable bonds is 8. The van der Waals surface area contributed by atoms with Crippen LogP contribution in [0.4, 0.5) is 0 Å². The molecule has 1 saturated heterocycles. The number of ether oxygens (including phenoxy) is 1. The van der Waals surface area contributed by atoms with Gasteiger partial charge >= 0.3 is 0 Å². The molecule has 0 radical (unpaired) electrons. The lowest BCUT2D eigenvalue weighted by Gasteiger charge is -2.26. The summed E-state index contributed by atoms with van der Waals surface area (Å²) >= 11 is 0. The Balaban J connectivity index is 0.00000320. The molecule has 166 valence electrons. The third kappa shape index (κ3) is 6.95. The van der Waals surface area contributed by atoms with Crippen LogP contribution in [-0.2, 0) is 11.3 Å². The quantitative estimate of drug-likeness (QED) is 0.240. The van der Waals surface area contributed by atoms with E-state index in [1.165, 1.54) is 5.56 Å². The molecule has 1 aromatic heterocycles. The van der Waals surface area contributed by atoms with Crippen molar-refractivity contribution in [3.05, 3.63) is 47.3 Å². The Morgan fingerprint density at radius 1 is 1.13 bits per heavy atom. The van der Waals surface area contributed by atoms with Crippen molar-refractivity contribution in [2.75, 3.05) is 45.9 Å². The number of nitrogens with one attached hydrogen (secondary N) is 2. The molecule has 0 aliphatic carbocycles. The van der Waals surface area contributed by atoms with Crippen molar-refractivity contribution in [1.82, 2.24) is 25.3 Å². The third-order valence-electron chi connectivity index (χ3n) is 5.23. The van der Waals surface area contributed by atoms with Gasteiger partial charge in [0.2, 0.25) is 0 Å². The van der Waals surface area contributed by atoms with Crippen molar-refractivity contribution in [2.24, 2.45) is 4.99 Å². The summed E-state index contributed by atoms with van der Waals surface area (Å²) in [5.41, 5.74) is 4.43. The van der Waals surface area contributed by atoms with Crippen molar-refractivity contribution in [3.8, 4) is 5.69 Å². The number of nitrogens with zero attached hydrogens (tertiary/aromatic N) is 4. The largest absolute Gasteiger partial charge is 0.379 e. The molecule has 0 bridgehead atoms. The number of halogens is 1. The summed E-state index contributed by atoms with van der Waals surface area (Å²) in [7, 11) is 0. The van der Waals surface area contributed by atoms with Gasteiger partial charge in [0.25, 0.3) is 0 Å². The van der Waals surface area contributed by atoms with E-state index in [1.807, 2.05) is 22.9 Å². The number of aryl methyl sites for hydroxylation is 1. The van der Waals surface area contributed by atoms with Crippen molar-refractivity contribution >= 4 is 29.9 Å². The molecule has 0 saturated carbocycles. The van der Waals surface area contributed by atoms with Gasteiger partial charge in [-0.25, -0.2) is 9.67 Å². The summed E-state index contributed by atoms with van der Waals surface area (Å²) in [6, 6.07) is 10.2. The van der Waals surface area contributed by atoms with Gasteiger partial charge in [-0.05, 0) is 45.9 Å². The molecule has 3 rings (SSSR count). The number of guanidine groups is 1. The van der Waals surface area contributed by atoms with E-state index in [1.54, 1.807) is 0 Å². The molecular formula is C22H35IN6O. The van der Waals surface area contributed by atoms with Crippen LogP contribution in [0.15, 0.2) is 35.3 Å². The van der Waals surface area contributed by atoms with Gasteiger partial charge in [0, 0.05) is 37.4 Å². The predicted octanol–water partition coefficient (Wildman–Crippen LogP) is 2.88. The van der Waals surface area contributed by atoms with Crippen LogP contribution in [0.1, 0.15) is 30.3 Å². The highest BCUT2D eigenvalue weighted by Crippen LogP contribution is 2.18. The number of aromatic nitrogens is 2. The fourth-order valence-corrected chi connectivity index (χ4v) is 3.56. The lowest BCUT2D eigenvalue weighted by molar-refractivity contribution is 0.0376. The van der Waals surface area contributed by atoms with Crippen LogP contribution in [0.5, 0.6) is 0 Å². The number of aliphatic imine (C=N–C) groups is 1. The molecule has 0 amide bonds. The van der Waals surface area contributed by atoms with Gasteiger partial charge in [-0.15, -0.1) is 24.0 Å². The zero-order valence-corrected chi connectivity index (χ0v) is 20.7. The van der Waals surface area contributed by atoms with Crippen molar-refractivity contribution in [1.29, 1.82) is 0 Å². The molecule has 1 aliphatic heterocycles. The first kappa shape index (κ1) is 24.6. The molecule has 30 heavy (non-hydrogen) atoms. The Hall–Kier alpha value is -1.65. The Morgan fingerprint density at radius 2 is 1.87 bits per heavy atom. The second-order valence-electron chi connectivity index (χ2n) is 7.33. The van der Waals surface area contributed by atoms with E-state index < -0.39 is 0 Å². The third-order valence-corrected chi connectivity index (χ3v) is 5.23. The summed E-state index contributed by atoms with van der Waals surface area (Å²) in [5.74, 6) is 0.862. The Morgan fingerprint density at radius 3 is 2.57 bits per heavy atom. The van der Waals surface area contributed by atoms with E-state index >= 15 is 0 Å². The highest BCUT2D eigenvalue weighted by atomic mass is 127. The van der Waals surface area contributed by atoms with Crippen molar-refractivity contribution in [2.45, 2.75) is 33.7 Å². The zero-order chi connectivity index (χ0) is 20.5. The summed E-state index contributed by atoms with van der Waals surface area (Å²) in [4.78, 5) is 7.26. The van der Waals surface area contributed by atoms with Crippen LogP contribution >= 0.6 is 24.0 Å². The Labute approximate surface area is 197 Å². The minimum absolute atomic E-state index is 0. The van der Waals surface area contributed by atoms with Crippen LogP contribution in [0, 0.1) is 13.8 Å². The molecule has 0 spiro atoms. The fourth-order valence-electron chi connectivity index (χ4n) is 3.56. The average molecular weight is 526 g/mol. The SMILES string of the molecule is CCNC(=NCc1c(C)nn(-c2ccccc2)c1C)NCCCN1CCOCC1.I. The molecule has 1 fully saturated rings. The van der Waals surface area contributed by atoms with Gasteiger partial charge in [0.15, 0.2) is 5.96 Å². The van der Waals surface area contributed by atoms with Gasteiger partial charge < -0.3 is 15.4 Å². The molecule has 0 atom stereocenters. The number of morpholine rings is 1. The van der Waals surface area contributed by atoms with Crippen LogP contribution in [-0.4, -0.2) is 66.6 Å². The highest BCUT2D eigenvalue weighted by Gasteiger charge is 2.13. The van der Waals surface area contributed by atoms with Gasteiger partial charge in [-0.3, -0.25) is 4.90 Å². The number of hydrogen-bond donors (Lipinski definition) is 2. The minimum atomic E-state index is 0. The lowest BCUT2D eigenvalue weighted by atomic mass is 10.2. The van der Waals surface area contributed by atoms with Gasteiger partial charge in [0.05, 0.1) is 31.1 Å². The maximum Gasteiger partial charge on any atom is 0.191 e. The molecular weight excluding hydrogens is 491 g/mol. The topological polar surface area (TPSA) is 66.7 Å². The van der Waals surface area contributed by atoms with E-state index in [0.29, 0.717) is 6.54 Å². The van der Waals surface area contributed by atoms with E-state index in [9.17, 15) is 0 Å². The zero-order valence-electron chi connectivity index (χ0n) is 18.4. The summed E-state index contributed by atoms with van der Waals surface area (Å²) in [5, 5.41) is 11.5. The van der Waals surface area contributed by atoms with E-state index in [0.717, 1.165) is 75.4 Å². The second-order valence-corrected chi connectivity index (χ2v) is 7.33. The molecule has 0 unspecified atom stereocenters. The lowest BCUT2D eigenvalue weighted by Crippen LogP contribution is -2.40. The number of benzene rings is 1. The van der Waals surface area contributed by atoms with Crippen molar-refractivity contribution in [3.63, 3.8) is 0 Å². The first-order chi connectivity index (χ1) is 14.2. The first-order valence-electron chi connectivity index (χ1n) is 10.6. The molecule has 2 N–H and O–H groups in total. The van der Waals surface area contributed by atoms with Crippen LogP contribution < -0.4 is 10.6 Å². The summed E-state index contributed by atoms with van der Waals surface area (Å²) in [6.45, 7) is 13.5. The minimum Gasteiger partial charge on any atom is -0.379 e. The normalized spacial score (nSPS) is 15.0. The van der Waals surface area contributed by atoms with Crippen molar-refractivity contribution < 1.29 is 4.74 Å². The summed E-state index contributed by atoms with van der Waals surface area (Å²) < 4.78 is 7.41. The predicted molar refractivity (Wildman–Crippen MR) is 133 cm³/mol. The smallest absolute Gasteiger partial charge is 0.191 e. The van der Waals surface area contributed by atoms with Crippen LogP contribution in [0.2, 0.25) is 0 Å². The average Bonchev–Trinajstić information content (AvgIpc) is 3.04. The van der Waals surface area contributed by atoms with Gasteiger partial charge in [0.1, 0.15) is 0 Å². The second kappa shape index (κ2) is 12.9. The van der Waals surface area contributed by atoms with E-state index in [4.69, 9.17) is 14.8 Å². The van der Waals surface area contributed by atoms with Gasteiger partial charge in [-0.1, -0.05) is 18.2 Å². The highest BCUT2D eigenvalue weighted by molar-refractivity contribution is 14.0. The molecule has 1 aliphatic rings.